The third kappa shape index (κ3) is 3.70. The van der Waals surface area contributed by atoms with E-state index in [9.17, 15) is 14.7 Å². The molecule has 34 heavy (non-hydrogen) atoms. The van der Waals surface area contributed by atoms with E-state index in [0.29, 0.717) is 10.7 Å². The number of ether oxygens (including phenoxy) is 1. The summed E-state index contributed by atoms with van der Waals surface area (Å²) in [7, 11) is 0. The highest BCUT2D eigenvalue weighted by molar-refractivity contribution is 7.14. The summed E-state index contributed by atoms with van der Waals surface area (Å²) in [4.78, 5) is 32.1. The van der Waals surface area contributed by atoms with E-state index in [1.165, 1.54) is 16.2 Å². The zero-order valence-corrected chi connectivity index (χ0v) is 20.3. The number of thiazole rings is 1. The molecule has 0 radical (unpaired) electrons. The maximum Gasteiger partial charge on any atom is 0.301 e. The number of anilines is 1. The van der Waals surface area contributed by atoms with Crippen molar-refractivity contribution in [2.75, 3.05) is 4.90 Å². The van der Waals surface area contributed by atoms with Gasteiger partial charge >= 0.3 is 5.91 Å². The molecule has 174 valence electrons. The summed E-state index contributed by atoms with van der Waals surface area (Å²) in [5.74, 6) is -0.825. The monoisotopic (exact) mass is 474 g/mol. The normalized spacial score (nSPS) is 21.6. The second kappa shape index (κ2) is 8.09. The number of hydrogen-bond donors (Lipinski definition) is 1. The van der Waals surface area contributed by atoms with Crippen LogP contribution in [0.3, 0.4) is 0 Å². The van der Waals surface area contributed by atoms with Crippen LogP contribution >= 0.6 is 11.3 Å². The summed E-state index contributed by atoms with van der Waals surface area (Å²) < 4.78 is 5.77. The van der Waals surface area contributed by atoms with Crippen LogP contribution in [0, 0.1) is 0 Å². The van der Waals surface area contributed by atoms with Gasteiger partial charge < -0.3 is 9.84 Å². The van der Waals surface area contributed by atoms with E-state index in [-0.39, 0.29) is 22.9 Å². The van der Waals surface area contributed by atoms with Crippen LogP contribution < -0.4 is 9.64 Å². The van der Waals surface area contributed by atoms with Gasteiger partial charge in [-0.25, -0.2) is 4.98 Å². The number of benzene rings is 2. The minimum Gasteiger partial charge on any atom is -0.507 e. The van der Waals surface area contributed by atoms with Crippen LogP contribution in [0.25, 0.3) is 5.76 Å². The van der Waals surface area contributed by atoms with Gasteiger partial charge in [-0.1, -0.05) is 45.0 Å². The Labute approximate surface area is 202 Å². The highest BCUT2D eigenvalue weighted by Crippen LogP contribution is 2.43. The van der Waals surface area contributed by atoms with E-state index in [0.717, 1.165) is 28.9 Å². The van der Waals surface area contributed by atoms with E-state index >= 15 is 0 Å². The molecule has 0 aliphatic carbocycles. The number of aliphatic hydroxyl groups is 1. The Balaban J connectivity index is 1.66. The smallest absolute Gasteiger partial charge is 0.301 e. The van der Waals surface area contributed by atoms with Crippen LogP contribution in [-0.4, -0.2) is 27.9 Å². The summed E-state index contributed by atoms with van der Waals surface area (Å²) in [6, 6.07) is 12.4. The average molecular weight is 475 g/mol. The lowest BCUT2D eigenvalue weighted by atomic mass is 9.85. The lowest BCUT2D eigenvalue weighted by Gasteiger charge is -2.24. The van der Waals surface area contributed by atoms with Gasteiger partial charge in [-0.05, 0) is 47.2 Å². The lowest BCUT2D eigenvalue weighted by Crippen LogP contribution is -2.29. The van der Waals surface area contributed by atoms with Crippen LogP contribution in [0.4, 0.5) is 5.13 Å². The molecule has 0 spiro atoms. The van der Waals surface area contributed by atoms with Crippen molar-refractivity contribution in [1.82, 2.24) is 4.98 Å². The quantitative estimate of drug-likeness (QED) is 0.313. The largest absolute Gasteiger partial charge is 0.507 e. The third-order valence-corrected chi connectivity index (χ3v) is 7.10. The van der Waals surface area contributed by atoms with E-state index < -0.39 is 17.7 Å². The van der Waals surface area contributed by atoms with E-state index in [2.05, 4.69) is 25.8 Å². The van der Waals surface area contributed by atoms with Gasteiger partial charge in [0.25, 0.3) is 5.78 Å². The topological polar surface area (TPSA) is 79.7 Å². The average Bonchev–Trinajstić information content (AvgIpc) is 3.50. The molecule has 2 atom stereocenters. The van der Waals surface area contributed by atoms with Crippen LogP contribution in [0.1, 0.15) is 56.0 Å². The zero-order chi connectivity index (χ0) is 24.2. The van der Waals surface area contributed by atoms with Crippen LogP contribution in [0.15, 0.2) is 59.6 Å². The van der Waals surface area contributed by atoms with Gasteiger partial charge in [0.05, 0.1) is 11.6 Å². The minimum absolute atomic E-state index is 0.0424. The van der Waals surface area contributed by atoms with Crippen molar-refractivity contribution in [3.05, 3.63) is 81.9 Å². The molecule has 0 unspecified atom stereocenters. The molecule has 1 fully saturated rings. The lowest BCUT2D eigenvalue weighted by molar-refractivity contribution is -0.132. The molecular weight excluding hydrogens is 448 g/mol. The highest BCUT2D eigenvalue weighted by Gasteiger charge is 2.48. The van der Waals surface area contributed by atoms with Gasteiger partial charge in [-0.15, -0.1) is 11.3 Å². The number of rotatable bonds is 3. The molecule has 5 rings (SSSR count). The van der Waals surface area contributed by atoms with Crippen LogP contribution in [0.5, 0.6) is 5.75 Å². The molecule has 1 aromatic heterocycles. The molecule has 2 aliphatic rings. The first kappa shape index (κ1) is 22.3. The molecule has 3 aromatic rings. The molecule has 2 aliphatic heterocycles. The van der Waals surface area contributed by atoms with Crippen molar-refractivity contribution >= 4 is 33.9 Å². The maximum absolute atomic E-state index is 13.3. The first-order valence-electron chi connectivity index (χ1n) is 11.3. The summed E-state index contributed by atoms with van der Waals surface area (Å²) in [6.07, 6.45) is 2.38. The Morgan fingerprint density at radius 2 is 1.88 bits per heavy atom. The molecule has 1 amide bonds. The van der Waals surface area contributed by atoms with Gasteiger partial charge in [0.2, 0.25) is 0 Å². The van der Waals surface area contributed by atoms with Gasteiger partial charge in [0.15, 0.2) is 5.13 Å². The predicted octanol–water partition coefficient (Wildman–Crippen LogP) is 5.39. The Kier molecular flexibility index (Phi) is 5.32. The predicted molar refractivity (Wildman–Crippen MR) is 132 cm³/mol. The molecule has 2 aromatic carbocycles. The summed E-state index contributed by atoms with van der Waals surface area (Å²) >= 11 is 1.28. The first-order valence-corrected chi connectivity index (χ1v) is 12.1. The van der Waals surface area contributed by atoms with Gasteiger partial charge in [-0.2, -0.15) is 0 Å². The number of ketones is 1. The number of amides is 1. The summed E-state index contributed by atoms with van der Waals surface area (Å²) in [5, 5.41) is 13.5. The standard InChI is InChI=1S/C27H26N2O4S/c1-15-13-18-14-17(7-10-20(18)33-15)23(30)21-22(16-5-8-19(9-6-16)27(2,3)4)29(25(32)24(21)31)26-28-11-12-34-26/h5-12,14-15,22,30H,13H2,1-4H3/t15-,22-/m0/s1. The summed E-state index contributed by atoms with van der Waals surface area (Å²) in [5.41, 5.74) is 3.36. The molecule has 6 nitrogen and oxygen atoms in total. The molecule has 0 saturated carbocycles. The Bertz CT molecular complexity index is 1300. The molecular formula is C27H26N2O4S. The SMILES string of the molecule is C[C@H]1Cc2cc(C(O)=C3C(=O)C(=O)N(c4nccs4)[C@H]3c3ccc(C(C)(C)C)cc3)ccc2O1. The van der Waals surface area contributed by atoms with Crippen molar-refractivity contribution in [3.8, 4) is 5.75 Å². The molecule has 7 heteroatoms. The second-order valence-corrected chi connectivity index (χ2v) is 10.7. The number of nitrogens with zero attached hydrogens (tertiary/aromatic N) is 2. The fraction of sp³-hybridized carbons (Fsp3) is 0.296. The molecule has 3 heterocycles. The fourth-order valence-corrected chi connectivity index (χ4v) is 5.24. The van der Waals surface area contributed by atoms with Gasteiger partial charge in [0, 0.05) is 23.6 Å². The Hall–Kier alpha value is -3.45. The van der Waals surface area contributed by atoms with Crippen molar-refractivity contribution in [1.29, 1.82) is 0 Å². The first-order chi connectivity index (χ1) is 16.1. The maximum atomic E-state index is 13.3. The number of hydrogen-bond acceptors (Lipinski definition) is 6. The van der Waals surface area contributed by atoms with E-state index in [1.807, 2.05) is 37.3 Å². The highest BCUT2D eigenvalue weighted by atomic mass is 32.1. The minimum atomic E-state index is -0.774. The Morgan fingerprint density at radius 1 is 1.15 bits per heavy atom. The zero-order valence-electron chi connectivity index (χ0n) is 19.5. The number of aliphatic hydroxyl groups excluding tert-OH is 1. The number of carbonyl (C=O) groups is 2. The van der Waals surface area contributed by atoms with Crippen LogP contribution in [-0.2, 0) is 21.4 Å². The van der Waals surface area contributed by atoms with Gasteiger partial charge in [-0.3, -0.25) is 14.5 Å². The van der Waals surface area contributed by atoms with E-state index in [1.54, 1.807) is 23.7 Å². The number of aromatic nitrogens is 1. The van der Waals surface area contributed by atoms with Crippen molar-refractivity contribution in [2.24, 2.45) is 0 Å². The number of carbonyl (C=O) groups excluding carboxylic acids is 2. The molecule has 0 bridgehead atoms. The van der Waals surface area contributed by atoms with Crippen molar-refractivity contribution in [2.45, 2.75) is 51.7 Å². The van der Waals surface area contributed by atoms with Crippen molar-refractivity contribution < 1.29 is 19.4 Å². The second-order valence-electron chi connectivity index (χ2n) is 9.81. The van der Waals surface area contributed by atoms with Gasteiger partial charge in [0.1, 0.15) is 17.6 Å². The molecule has 1 saturated heterocycles. The third-order valence-electron chi connectivity index (χ3n) is 6.33. The molecule has 1 N–H and O–H groups in total. The van der Waals surface area contributed by atoms with E-state index in [4.69, 9.17) is 4.74 Å². The Morgan fingerprint density at radius 3 is 2.53 bits per heavy atom. The number of fused-ring (bicyclic) bond motifs is 1. The summed E-state index contributed by atoms with van der Waals surface area (Å²) in [6.45, 7) is 8.37. The van der Waals surface area contributed by atoms with Crippen LogP contribution in [0.2, 0.25) is 0 Å². The van der Waals surface area contributed by atoms with Crippen molar-refractivity contribution in [3.63, 3.8) is 0 Å². The fourth-order valence-electron chi connectivity index (χ4n) is 4.57. The number of Topliss-reactive ketones (excluding diaryl/α,β-unsaturated/α-hetero) is 1.